The van der Waals surface area contributed by atoms with E-state index in [2.05, 4.69) is 4.98 Å². The van der Waals surface area contributed by atoms with Crippen LogP contribution in [-0.4, -0.2) is 16.1 Å². The van der Waals surface area contributed by atoms with Crippen molar-refractivity contribution in [3.8, 4) is 0 Å². The zero-order valence-electron chi connectivity index (χ0n) is 9.01. The van der Waals surface area contributed by atoms with Gasteiger partial charge in [0.2, 0.25) is 0 Å². The summed E-state index contributed by atoms with van der Waals surface area (Å²) in [5.74, 6) is -1.18. The molecule has 1 heterocycles. The number of carboxylic acid groups (broad SMARTS) is 1. The van der Waals surface area contributed by atoms with E-state index in [4.69, 9.17) is 10.6 Å². The van der Waals surface area contributed by atoms with Gasteiger partial charge < -0.3 is 5.11 Å². The Morgan fingerprint density at radius 3 is 3.30 bits per heavy atom. The smallest absolute Gasteiger partial charge is 0.309 e. The lowest BCUT2D eigenvalue weighted by Crippen LogP contribution is -2.01. The Kier molecular flexibility index (Phi) is 0.931. The van der Waals surface area contributed by atoms with E-state index in [1.54, 1.807) is 0 Å². The normalized spacial score (nSPS) is 14.8. The minimum atomic E-state index is -1.18. The van der Waals surface area contributed by atoms with Gasteiger partial charge in [-0.25, -0.2) is 0 Å². The third-order valence-corrected chi connectivity index (χ3v) is 0.835. The lowest BCUT2D eigenvalue weighted by Gasteiger charge is -1.91. The predicted molar refractivity (Wildman–Crippen MR) is 35.6 cm³/mol. The average Bonchev–Trinajstić information content (AvgIpc) is 2.10. The standard InChI is InChI=1S/C7H7NO2/c9-7(10)5-6-3-1-2-4-8-6/h1-4H,5H2,(H,9,10)/i1D,2D,3D,4D. The van der Waals surface area contributed by atoms with Gasteiger partial charge in [-0.2, -0.15) is 0 Å². The summed E-state index contributed by atoms with van der Waals surface area (Å²) in [4.78, 5) is 13.8. The molecular formula is C7H7NO2. The fourth-order valence-corrected chi connectivity index (χ4v) is 0.482. The quantitative estimate of drug-likeness (QED) is 0.659. The molecule has 52 valence electrons. The Hall–Kier alpha value is -1.38. The molecule has 0 aliphatic rings. The molecule has 0 saturated heterocycles. The number of hydrogen-bond acceptors (Lipinski definition) is 2. The summed E-state index contributed by atoms with van der Waals surface area (Å²) in [5, 5.41) is 8.45. The van der Waals surface area contributed by atoms with Crippen molar-refractivity contribution in [2.45, 2.75) is 6.42 Å². The average molecular weight is 141 g/mol. The van der Waals surface area contributed by atoms with Gasteiger partial charge in [-0.15, -0.1) is 0 Å². The van der Waals surface area contributed by atoms with Crippen LogP contribution in [0.5, 0.6) is 0 Å². The molecule has 1 aromatic rings. The van der Waals surface area contributed by atoms with Gasteiger partial charge in [-0.1, -0.05) is 6.04 Å². The van der Waals surface area contributed by atoms with E-state index in [1.807, 2.05) is 0 Å². The van der Waals surface area contributed by atoms with Gasteiger partial charge in [0.15, 0.2) is 0 Å². The highest BCUT2D eigenvalue weighted by molar-refractivity contribution is 5.69. The maximum absolute atomic E-state index is 10.3. The number of carboxylic acids is 1. The fraction of sp³-hybridized carbons (Fsp3) is 0.143. The summed E-state index contributed by atoms with van der Waals surface area (Å²) in [6.07, 6.45) is -0.973. The molecule has 0 spiro atoms. The first-order chi connectivity index (χ1) is 6.43. The van der Waals surface area contributed by atoms with Gasteiger partial charge in [0.05, 0.1) is 17.6 Å². The van der Waals surface area contributed by atoms with Crippen molar-refractivity contribution in [2.24, 2.45) is 0 Å². The van der Waals surface area contributed by atoms with Crippen molar-refractivity contribution in [2.75, 3.05) is 0 Å². The number of carbonyl (C=O) groups is 1. The van der Waals surface area contributed by atoms with Crippen molar-refractivity contribution in [3.05, 3.63) is 30.0 Å². The number of hydrogen-bond donors (Lipinski definition) is 1. The van der Waals surface area contributed by atoms with Crippen LogP contribution in [0.4, 0.5) is 0 Å². The maximum atomic E-state index is 10.3. The predicted octanol–water partition coefficient (Wildman–Crippen LogP) is 0.709. The second-order valence-electron chi connectivity index (χ2n) is 1.62. The van der Waals surface area contributed by atoms with Crippen LogP contribution in [0.2, 0.25) is 0 Å². The van der Waals surface area contributed by atoms with E-state index in [0.717, 1.165) is 0 Å². The highest BCUT2D eigenvalue weighted by Crippen LogP contribution is 1.93. The topological polar surface area (TPSA) is 50.2 Å². The van der Waals surface area contributed by atoms with Crippen molar-refractivity contribution >= 4 is 5.97 Å². The molecule has 0 radical (unpaired) electrons. The van der Waals surface area contributed by atoms with Crippen LogP contribution < -0.4 is 0 Å². The second kappa shape index (κ2) is 2.96. The van der Waals surface area contributed by atoms with Crippen LogP contribution in [0.3, 0.4) is 0 Å². The molecule has 0 saturated carbocycles. The Balaban J connectivity index is 3.25. The summed E-state index contributed by atoms with van der Waals surface area (Å²) in [7, 11) is 0. The molecule has 1 aromatic heterocycles. The number of aliphatic carboxylic acids is 1. The summed E-state index contributed by atoms with van der Waals surface area (Å²) in [5.41, 5.74) is -0.150. The van der Waals surface area contributed by atoms with Crippen LogP contribution in [-0.2, 0) is 11.2 Å². The molecule has 0 unspecified atom stereocenters. The molecule has 1 N–H and O–H groups in total. The lowest BCUT2D eigenvalue weighted by atomic mass is 10.3. The summed E-state index contributed by atoms with van der Waals surface area (Å²) in [6, 6.07) is -1.31. The molecule has 0 aromatic carbocycles. The van der Waals surface area contributed by atoms with Crippen LogP contribution in [0.25, 0.3) is 0 Å². The largest absolute Gasteiger partial charge is 0.481 e. The van der Waals surface area contributed by atoms with Crippen LogP contribution in [0.1, 0.15) is 11.2 Å². The van der Waals surface area contributed by atoms with E-state index < -0.39 is 36.7 Å². The van der Waals surface area contributed by atoms with Crippen molar-refractivity contribution < 1.29 is 15.4 Å². The molecule has 1 rings (SSSR count). The Morgan fingerprint density at radius 2 is 2.60 bits per heavy atom. The molecule has 0 aliphatic heterocycles. The fourth-order valence-electron chi connectivity index (χ4n) is 0.482. The van der Waals surface area contributed by atoms with E-state index in [9.17, 15) is 4.79 Å². The van der Waals surface area contributed by atoms with E-state index >= 15 is 0 Å². The molecule has 0 bridgehead atoms. The molecule has 3 heteroatoms. The van der Waals surface area contributed by atoms with Gasteiger partial charge in [-0.3, -0.25) is 9.78 Å². The monoisotopic (exact) mass is 141 g/mol. The molecule has 10 heavy (non-hydrogen) atoms. The first kappa shape index (κ1) is 3.14. The second-order valence-corrected chi connectivity index (χ2v) is 1.62. The summed E-state index contributed by atoms with van der Waals surface area (Å²) >= 11 is 0. The van der Waals surface area contributed by atoms with Crippen molar-refractivity contribution in [1.29, 1.82) is 0 Å². The first-order valence-corrected chi connectivity index (χ1v) is 2.58. The highest BCUT2D eigenvalue weighted by Gasteiger charge is 1.98. The third-order valence-electron chi connectivity index (χ3n) is 0.835. The number of aromatic nitrogens is 1. The molecule has 3 nitrogen and oxygen atoms in total. The van der Waals surface area contributed by atoms with Crippen LogP contribution in [0.15, 0.2) is 24.3 Å². The van der Waals surface area contributed by atoms with E-state index in [-0.39, 0.29) is 5.69 Å². The number of pyridine rings is 1. The molecule has 0 atom stereocenters. The van der Waals surface area contributed by atoms with Gasteiger partial charge in [0.25, 0.3) is 0 Å². The van der Waals surface area contributed by atoms with Gasteiger partial charge in [0, 0.05) is 6.17 Å². The molecule has 0 amide bonds. The molecule has 0 fully saturated rings. The van der Waals surface area contributed by atoms with E-state index in [1.165, 1.54) is 0 Å². The summed E-state index contributed by atoms with van der Waals surface area (Å²) in [6.45, 7) is 0. The van der Waals surface area contributed by atoms with Crippen molar-refractivity contribution in [3.63, 3.8) is 0 Å². The SMILES string of the molecule is [2H]c1nc(CC(=O)O)c([2H])c([2H])c1[2H]. The highest BCUT2D eigenvalue weighted by atomic mass is 16.4. The summed E-state index contributed by atoms with van der Waals surface area (Å²) < 4.78 is 28.9. The number of nitrogens with zero attached hydrogens (tertiary/aromatic N) is 1. The third kappa shape index (κ3) is 1.85. The van der Waals surface area contributed by atoms with E-state index in [0.29, 0.717) is 0 Å². The zero-order chi connectivity index (χ0) is 10.9. The van der Waals surface area contributed by atoms with Crippen molar-refractivity contribution in [1.82, 2.24) is 4.98 Å². The lowest BCUT2D eigenvalue weighted by molar-refractivity contribution is -0.136. The number of rotatable bonds is 2. The maximum Gasteiger partial charge on any atom is 0.309 e. The molecular weight excluding hydrogens is 130 g/mol. The minimum absolute atomic E-state index is 0.150. The molecule has 0 aliphatic carbocycles. The van der Waals surface area contributed by atoms with Gasteiger partial charge >= 0.3 is 5.97 Å². The Bertz CT molecular complexity index is 394. The van der Waals surface area contributed by atoms with Gasteiger partial charge in [0.1, 0.15) is 0 Å². The Morgan fingerprint density at radius 1 is 1.80 bits per heavy atom. The first-order valence-electron chi connectivity index (χ1n) is 4.58. The Labute approximate surface area is 64.0 Å². The van der Waals surface area contributed by atoms with Crippen LogP contribution in [0, 0.1) is 0 Å². The zero-order valence-corrected chi connectivity index (χ0v) is 5.01. The van der Waals surface area contributed by atoms with Gasteiger partial charge in [-0.05, 0) is 12.1 Å². The van der Waals surface area contributed by atoms with Crippen LogP contribution >= 0.6 is 0 Å². The minimum Gasteiger partial charge on any atom is -0.481 e.